The minimum absolute atomic E-state index is 0.0294. The first-order valence-electron chi connectivity index (χ1n) is 8.89. The number of hydrogen-bond acceptors (Lipinski definition) is 6. The van der Waals surface area contributed by atoms with E-state index in [1.54, 1.807) is 30.6 Å². The molecule has 0 saturated carbocycles. The summed E-state index contributed by atoms with van der Waals surface area (Å²) in [5.41, 5.74) is 3.41. The lowest BCUT2D eigenvalue weighted by atomic mass is 10.1. The highest BCUT2D eigenvalue weighted by Gasteiger charge is 2.24. The second-order valence-corrected chi connectivity index (χ2v) is 9.32. The Morgan fingerprint density at radius 2 is 2.07 bits per heavy atom. The maximum absolute atomic E-state index is 13.1. The molecule has 3 aromatic heterocycles. The topological polar surface area (TPSA) is 94.2 Å². The van der Waals surface area contributed by atoms with Crippen LogP contribution in [0.3, 0.4) is 0 Å². The lowest BCUT2D eigenvalue weighted by Crippen LogP contribution is -2.30. The third-order valence-corrected chi connectivity index (χ3v) is 6.88. The van der Waals surface area contributed by atoms with Crippen LogP contribution in [0.2, 0.25) is 0 Å². The molecule has 0 aliphatic rings. The molecule has 0 saturated heterocycles. The maximum atomic E-state index is 13.1. The van der Waals surface area contributed by atoms with Crippen molar-refractivity contribution in [1.29, 1.82) is 0 Å². The van der Waals surface area contributed by atoms with Gasteiger partial charge in [0.15, 0.2) is 5.58 Å². The summed E-state index contributed by atoms with van der Waals surface area (Å²) in [5.74, 6) is -0.540. The molecule has 0 amide bonds. The Balaban J connectivity index is 1.70. The number of pyridine rings is 1. The van der Waals surface area contributed by atoms with Gasteiger partial charge in [-0.15, -0.1) is 0 Å². The molecule has 0 aliphatic carbocycles. The summed E-state index contributed by atoms with van der Waals surface area (Å²) >= 11 is 1.56. The van der Waals surface area contributed by atoms with Crippen molar-refractivity contribution in [3.8, 4) is 0 Å². The van der Waals surface area contributed by atoms with E-state index in [9.17, 15) is 13.2 Å². The molecule has 9 heteroatoms. The molecule has 0 spiro atoms. The zero-order valence-corrected chi connectivity index (χ0v) is 17.5. The number of rotatable bonds is 6. The largest absolute Gasteiger partial charge is 0.419 e. The van der Waals surface area contributed by atoms with Crippen LogP contribution in [0.1, 0.15) is 22.9 Å². The van der Waals surface area contributed by atoms with Crippen LogP contribution in [-0.2, 0) is 23.5 Å². The molecule has 3 heterocycles. The zero-order valence-electron chi connectivity index (χ0n) is 15.8. The molecule has 29 heavy (non-hydrogen) atoms. The minimum Gasteiger partial charge on any atom is -0.408 e. The van der Waals surface area contributed by atoms with Gasteiger partial charge in [-0.1, -0.05) is 6.07 Å². The summed E-state index contributed by atoms with van der Waals surface area (Å²) in [4.78, 5) is 16.1. The third kappa shape index (κ3) is 4.02. The predicted molar refractivity (Wildman–Crippen MR) is 112 cm³/mol. The Morgan fingerprint density at radius 3 is 2.76 bits per heavy atom. The first kappa shape index (κ1) is 19.6. The van der Waals surface area contributed by atoms with Gasteiger partial charge in [0.05, 0.1) is 22.1 Å². The van der Waals surface area contributed by atoms with E-state index in [4.69, 9.17) is 4.42 Å². The molecule has 0 bridgehead atoms. The quantitative estimate of drug-likeness (QED) is 0.508. The predicted octanol–water partition coefficient (Wildman–Crippen LogP) is 3.16. The van der Waals surface area contributed by atoms with Crippen LogP contribution in [0.4, 0.5) is 0 Å². The minimum atomic E-state index is -3.87. The van der Waals surface area contributed by atoms with E-state index in [0.717, 1.165) is 11.1 Å². The van der Waals surface area contributed by atoms with Crippen LogP contribution in [0.5, 0.6) is 0 Å². The average Bonchev–Trinajstić information content (AvgIpc) is 3.29. The molecule has 1 N–H and O–H groups in total. The van der Waals surface area contributed by atoms with Crippen molar-refractivity contribution in [2.45, 2.75) is 24.3 Å². The Morgan fingerprint density at radius 1 is 1.24 bits per heavy atom. The van der Waals surface area contributed by atoms with E-state index in [1.165, 1.54) is 16.7 Å². The molecule has 1 atom stereocenters. The van der Waals surface area contributed by atoms with Gasteiger partial charge in [-0.25, -0.2) is 17.9 Å². The molecule has 0 aliphatic heterocycles. The SMILES string of the molecule is Cc1ccc([C@@H](Cc2ccsc2)NS(=O)(=O)c2ccc3c(c2)oc(=O)n3C)nc1. The molecule has 0 fully saturated rings. The van der Waals surface area contributed by atoms with Crippen LogP contribution >= 0.6 is 11.3 Å². The standard InChI is InChI=1S/C20H19N3O4S2/c1-13-3-5-16(21-11-13)17(9-14-7-8-28-12-14)22-29(25,26)15-4-6-18-19(10-15)27-20(24)23(18)2/h3-8,10-12,17,22H,9H2,1-2H3/t17-/m1/s1. The molecule has 0 unspecified atom stereocenters. The van der Waals surface area contributed by atoms with Crippen molar-refractivity contribution in [3.05, 3.63) is 80.7 Å². The molecule has 4 rings (SSSR count). The molecule has 4 aromatic rings. The highest BCUT2D eigenvalue weighted by atomic mass is 32.2. The van der Waals surface area contributed by atoms with E-state index >= 15 is 0 Å². The van der Waals surface area contributed by atoms with Gasteiger partial charge in [0.2, 0.25) is 10.0 Å². The summed E-state index contributed by atoms with van der Waals surface area (Å²) in [5, 5.41) is 3.94. The number of hydrogen-bond donors (Lipinski definition) is 1. The smallest absolute Gasteiger partial charge is 0.408 e. The van der Waals surface area contributed by atoms with Gasteiger partial charge in [-0.3, -0.25) is 9.55 Å². The van der Waals surface area contributed by atoms with Gasteiger partial charge >= 0.3 is 5.76 Å². The molecule has 7 nitrogen and oxygen atoms in total. The lowest BCUT2D eigenvalue weighted by molar-refractivity contribution is 0.526. The summed E-state index contributed by atoms with van der Waals surface area (Å²) < 4.78 is 35.4. The highest BCUT2D eigenvalue weighted by molar-refractivity contribution is 7.89. The number of aromatic nitrogens is 2. The third-order valence-electron chi connectivity index (χ3n) is 4.68. The summed E-state index contributed by atoms with van der Waals surface area (Å²) in [6, 6.07) is 9.55. The Bertz CT molecular complexity index is 1300. The monoisotopic (exact) mass is 429 g/mol. The second kappa shape index (κ2) is 7.58. The van der Waals surface area contributed by atoms with Crippen LogP contribution in [0, 0.1) is 6.92 Å². The molecule has 150 valence electrons. The van der Waals surface area contributed by atoms with Crippen LogP contribution in [-0.4, -0.2) is 18.0 Å². The first-order valence-corrected chi connectivity index (χ1v) is 11.3. The Hall–Kier alpha value is -2.75. The van der Waals surface area contributed by atoms with Gasteiger partial charge in [0.25, 0.3) is 0 Å². The molecular formula is C20H19N3O4S2. The van der Waals surface area contributed by atoms with Gasteiger partial charge < -0.3 is 4.42 Å². The van der Waals surface area contributed by atoms with Crippen molar-refractivity contribution in [1.82, 2.24) is 14.3 Å². The zero-order chi connectivity index (χ0) is 20.6. The fourth-order valence-corrected chi connectivity index (χ4v) is 4.98. The summed E-state index contributed by atoms with van der Waals surface area (Å²) in [6.45, 7) is 1.93. The fraction of sp³-hybridized carbons (Fsp3) is 0.200. The van der Waals surface area contributed by atoms with Crippen LogP contribution in [0.15, 0.2) is 67.5 Å². The average molecular weight is 430 g/mol. The number of sulfonamides is 1. The number of fused-ring (bicyclic) bond motifs is 1. The Kier molecular flexibility index (Phi) is 5.12. The number of nitrogens with zero attached hydrogens (tertiary/aromatic N) is 2. The first-order chi connectivity index (χ1) is 13.8. The normalized spacial score (nSPS) is 13.0. The number of nitrogens with one attached hydrogen (secondary N) is 1. The number of thiophene rings is 1. The number of oxazole rings is 1. The van der Waals surface area contributed by atoms with E-state index in [2.05, 4.69) is 9.71 Å². The van der Waals surface area contributed by atoms with Crippen molar-refractivity contribution < 1.29 is 12.8 Å². The summed E-state index contributed by atoms with van der Waals surface area (Å²) in [7, 11) is -2.30. The molecule has 1 aromatic carbocycles. The van der Waals surface area contributed by atoms with E-state index in [1.807, 2.05) is 35.9 Å². The number of aryl methyl sites for hydroxylation is 2. The van der Waals surface area contributed by atoms with E-state index in [-0.39, 0.29) is 10.5 Å². The van der Waals surface area contributed by atoms with Gasteiger partial charge in [-0.2, -0.15) is 11.3 Å². The highest BCUT2D eigenvalue weighted by Crippen LogP contribution is 2.23. The van der Waals surface area contributed by atoms with Gasteiger partial charge in [0.1, 0.15) is 0 Å². The van der Waals surface area contributed by atoms with Crippen molar-refractivity contribution in [3.63, 3.8) is 0 Å². The maximum Gasteiger partial charge on any atom is 0.419 e. The summed E-state index contributed by atoms with van der Waals surface area (Å²) in [6.07, 6.45) is 2.19. The van der Waals surface area contributed by atoms with Crippen molar-refractivity contribution >= 4 is 32.5 Å². The number of benzene rings is 1. The van der Waals surface area contributed by atoms with Gasteiger partial charge in [-0.05, 0) is 59.5 Å². The fourth-order valence-electron chi connectivity index (χ4n) is 3.07. The van der Waals surface area contributed by atoms with Crippen LogP contribution < -0.4 is 10.5 Å². The van der Waals surface area contributed by atoms with Crippen LogP contribution in [0.25, 0.3) is 11.1 Å². The van der Waals surface area contributed by atoms with Gasteiger partial charge in [0, 0.05) is 19.3 Å². The lowest BCUT2D eigenvalue weighted by Gasteiger charge is -2.18. The van der Waals surface area contributed by atoms with E-state index in [0.29, 0.717) is 17.6 Å². The molecule has 0 radical (unpaired) electrons. The molecular weight excluding hydrogens is 410 g/mol. The van der Waals surface area contributed by atoms with Crippen molar-refractivity contribution in [2.75, 3.05) is 0 Å². The van der Waals surface area contributed by atoms with Crippen molar-refractivity contribution in [2.24, 2.45) is 7.05 Å². The van der Waals surface area contributed by atoms with E-state index < -0.39 is 21.8 Å². The Labute approximate surface area is 171 Å². The second-order valence-electron chi connectivity index (χ2n) is 6.83.